The molecule has 1 rings (SSSR count). The summed E-state index contributed by atoms with van der Waals surface area (Å²) in [5.41, 5.74) is -0.169. The maximum Gasteiger partial charge on any atom is 0.313 e. The Kier molecular flexibility index (Phi) is 3.27. The Morgan fingerprint density at radius 2 is 2.25 bits per heavy atom. The average molecular weight is 191 g/mol. The van der Waals surface area contributed by atoms with Crippen LogP contribution in [0.25, 0.3) is 0 Å². The van der Waals surface area contributed by atoms with Gasteiger partial charge < -0.3 is 5.11 Å². The van der Waals surface area contributed by atoms with Crippen molar-refractivity contribution in [1.29, 1.82) is 0 Å². The molecule has 5 heteroatoms. The molecule has 0 fully saturated rings. The van der Waals surface area contributed by atoms with Gasteiger partial charge in [-0.3, -0.25) is 9.89 Å². The van der Waals surface area contributed by atoms with Crippen molar-refractivity contribution in [3.8, 4) is 0 Å². The molecule has 0 radical (unpaired) electrons. The molecule has 4 nitrogen and oxygen atoms in total. The molecule has 0 unspecified atom stereocenters. The van der Waals surface area contributed by atoms with Crippen molar-refractivity contribution < 1.29 is 9.90 Å². The number of carboxylic acid groups (broad SMARTS) is 1. The average Bonchev–Trinajstić information content (AvgIpc) is 2.37. The second-order valence-electron chi connectivity index (χ2n) is 2.92. The highest BCUT2D eigenvalue weighted by atomic mass is 35.5. The first kappa shape index (κ1) is 11.0. The summed E-state index contributed by atoms with van der Waals surface area (Å²) >= 11 is 0. The number of nitrogens with zero attached hydrogens (tertiary/aromatic N) is 1. The van der Waals surface area contributed by atoms with Crippen molar-refractivity contribution in [2.24, 2.45) is 0 Å². The molecule has 0 aliphatic carbocycles. The van der Waals surface area contributed by atoms with Crippen molar-refractivity contribution in [1.82, 2.24) is 10.2 Å². The standard InChI is InChI=1S/C7H10N2O2.ClH/c1-7(2,6(10)11)5-3-8-9-4-5;/h3-4H,1-2H3,(H,8,9)(H,10,11);1H. The monoisotopic (exact) mass is 190 g/mol. The van der Waals surface area contributed by atoms with Crippen molar-refractivity contribution >= 4 is 18.4 Å². The van der Waals surface area contributed by atoms with Crippen LogP contribution in [0, 0.1) is 0 Å². The van der Waals surface area contributed by atoms with Crippen LogP contribution in [0.3, 0.4) is 0 Å². The molecule has 0 saturated heterocycles. The minimum Gasteiger partial charge on any atom is -0.481 e. The lowest BCUT2D eigenvalue weighted by Crippen LogP contribution is -2.27. The lowest BCUT2D eigenvalue weighted by Gasteiger charge is -2.15. The maximum atomic E-state index is 10.7. The summed E-state index contributed by atoms with van der Waals surface area (Å²) < 4.78 is 0. The number of hydrogen-bond acceptors (Lipinski definition) is 2. The minimum atomic E-state index is -0.854. The third-order valence-electron chi connectivity index (χ3n) is 1.75. The van der Waals surface area contributed by atoms with Crippen LogP contribution in [0.5, 0.6) is 0 Å². The SMILES string of the molecule is CC(C)(C(=O)O)c1cn[nH]c1.Cl. The number of H-pyrrole nitrogens is 1. The minimum absolute atomic E-state index is 0. The van der Waals surface area contributed by atoms with Gasteiger partial charge in [-0.15, -0.1) is 12.4 Å². The Bertz CT molecular complexity index is 256. The van der Waals surface area contributed by atoms with Gasteiger partial charge in [0.15, 0.2) is 0 Å². The first-order valence-corrected chi connectivity index (χ1v) is 3.28. The predicted octanol–water partition coefficient (Wildman–Crippen LogP) is 1.19. The number of carboxylic acids is 1. The fourth-order valence-corrected chi connectivity index (χ4v) is 0.716. The number of hydrogen-bond donors (Lipinski definition) is 2. The molecular formula is C7H11ClN2O2. The summed E-state index contributed by atoms with van der Waals surface area (Å²) in [5.74, 6) is -0.848. The van der Waals surface area contributed by atoms with Crippen LogP contribution in [-0.2, 0) is 10.2 Å². The molecule has 12 heavy (non-hydrogen) atoms. The predicted molar refractivity (Wildman–Crippen MR) is 46.5 cm³/mol. The van der Waals surface area contributed by atoms with Gasteiger partial charge in [-0.1, -0.05) is 0 Å². The molecule has 0 aliphatic heterocycles. The van der Waals surface area contributed by atoms with E-state index in [2.05, 4.69) is 10.2 Å². The number of rotatable bonds is 2. The van der Waals surface area contributed by atoms with Crippen LogP contribution in [0.15, 0.2) is 12.4 Å². The van der Waals surface area contributed by atoms with Gasteiger partial charge in [-0.25, -0.2) is 0 Å². The fourth-order valence-electron chi connectivity index (χ4n) is 0.716. The van der Waals surface area contributed by atoms with Crippen LogP contribution in [0.4, 0.5) is 0 Å². The Morgan fingerprint density at radius 3 is 2.58 bits per heavy atom. The van der Waals surface area contributed by atoms with E-state index in [9.17, 15) is 4.79 Å². The van der Waals surface area contributed by atoms with Crippen LogP contribution in [-0.4, -0.2) is 21.3 Å². The fraction of sp³-hybridized carbons (Fsp3) is 0.429. The number of carbonyl (C=O) groups is 1. The van der Waals surface area contributed by atoms with Gasteiger partial charge in [-0.2, -0.15) is 5.10 Å². The number of nitrogens with one attached hydrogen (secondary N) is 1. The van der Waals surface area contributed by atoms with Gasteiger partial charge in [0.05, 0.1) is 11.6 Å². The summed E-state index contributed by atoms with van der Waals surface area (Å²) in [6.07, 6.45) is 3.11. The summed E-state index contributed by atoms with van der Waals surface area (Å²) in [4.78, 5) is 10.7. The number of halogens is 1. The number of aliphatic carboxylic acids is 1. The molecule has 1 heterocycles. The first-order chi connectivity index (χ1) is 5.05. The molecular weight excluding hydrogens is 180 g/mol. The first-order valence-electron chi connectivity index (χ1n) is 3.28. The van der Waals surface area contributed by atoms with E-state index in [0.717, 1.165) is 0 Å². The molecule has 1 aromatic heterocycles. The van der Waals surface area contributed by atoms with E-state index in [4.69, 9.17) is 5.11 Å². The smallest absolute Gasteiger partial charge is 0.313 e. The highest BCUT2D eigenvalue weighted by molar-refractivity contribution is 5.85. The maximum absolute atomic E-state index is 10.7. The summed E-state index contributed by atoms with van der Waals surface area (Å²) in [7, 11) is 0. The summed E-state index contributed by atoms with van der Waals surface area (Å²) in [6.45, 7) is 3.28. The van der Waals surface area contributed by atoms with Crippen molar-refractivity contribution in [2.75, 3.05) is 0 Å². The van der Waals surface area contributed by atoms with Crippen molar-refractivity contribution in [3.63, 3.8) is 0 Å². The molecule has 0 aliphatic rings. The third kappa shape index (κ3) is 1.76. The second kappa shape index (κ2) is 3.58. The number of aromatic amines is 1. The van der Waals surface area contributed by atoms with E-state index >= 15 is 0 Å². The molecule has 0 bridgehead atoms. The van der Waals surface area contributed by atoms with Gasteiger partial charge in [0.1, 0.15) is 0 Å². The number of aromatic nitrogens is 2. The van der Waals surface area contributed by atoms with E-state index in [1.165, 1.54) is 6.20 Å². The van der Waals surface area contributed by atoms with Gasteiger partial charge in [0.2, 0.25) is 0 Å². The Hall–Kier alpha value is -1.03. The van der Waals surface area contributed by atoms with Crippen molar-refractivity contribution in [2.45, 2.75) is 19.3 Å². The van der Waals surface area contributed by atoms with Crippen LogP contribution in [0.1, 0.15) is 19.4 Å². The molecule has 0 spiro atoms. The van der Waals surface area contributed by atoms with Gasteiger partial charge in [0, 0.05) is 11.8 Å². The lowest BCUT2D eigenvalue weighted by molar-refractivity contribution is -0.142. The molecule has 68 valence electrons. The molecule has 0 amide bonds. The molecule has 0 saturated carbocycles. The lowest BCUT2D eigenvalue weighted by atomic mass is 9.87. The van der Waals surface area contributed by atoms with E-state index in [1.54, 1.807) is 20.0 Å². The zero-order chi connectivity index (χ0) is 8.48. The summed E-state index contributed by atoms with van der Waals surface area (Å²) in [5, 5.41) is 15.0. The Labute approximate surface area is 76.4 Å². The normalized spacial score (nSPS) is 10.5. The third-order valence-corrected chi connectivity index (χ3v) is 1.75. The van der Waals surface area contributed by atoms with E-state index in [-0.39, 0.29) is 12.4 Å². The van der Waals surface area contributed by atoms with Gasteiger partial charge in [-0.05, 0) is 13.8 Å². The van der Waals surface area contributed by atoms with Crippen molar-refractivity contribution in [3.05, 3.63) is 18.0 Å². The Balaban J connectivity index is 0.00000121. The van der Waals surface area contributed by atoms with E-state index in [0.29, 0.717) is 5.56 Å². The highest BCUT2D eigenvalue weighted by Gasteiger charge is 2.29. The topological polar surface area (TPSA) is 66.0 Å². The molecule has 0 aromatic carbocycles. The highest BCUT2D eigenvalue weighted by Crippen LogP contribution is 2.21. The zero-order valence-electron chi connectivity index (χ0n) is 6.87. The molecule has 1 aromatic rings. The van der Waals surface area contributed by atoms with E-state index in [1.807, 2.05) is 0 Å². The molecule has 0 atom stereocenters. The van der Waals surface area contributed by atoms with Gasteiger partial charge in [0.25, 0.3) is 0 Å². The summed E-state index contributed by atoms with van der Waals surface area (Å²) in [6, 6.07) is 0. The second-order valence-corrected chi connectivity index (χ2v) is 2.92. The van der Waals surface area contributed by atoms with Gasteiger partial charge >= 0.3 is 5.97 Å². The van der Waals surface area contributed by atoms with Crippen LogP contribution in [0.2, 0.25) is 0 Å². The largest absolute Gasteiger partial charge is 0.481 e. The molecule has 2 N–H and O–H groups in total. The zero-order valence-corrected chi connectivity index (χ0v) is 7.68. The van der Waals surface area contributed by atoms with Crippen LogP contribution >= 0.6 is 12.4 Å². The quantitative estimate of drug-likeness (QED) is 0.737. The van der Waals surface area contributed by atoms with E-state index < -0.39 is 11.4 Å². The Morgan fingerprint density at radius 1 is 1.67 bits per heavy atom. The van der Waals surface area contributed by atoms with Crippen LogP contribution < -0.4 is 0 Å².